The fraction of sp³-hybridized carbons (Fsp3) is 0.200. The minimum absolute atomic E-state index is 0.0714. The van der Waals surface area contributed by atoms with Gasteiger partial charge in [0.2, 0.25) is 5.91 Å². The summed E-state index contributed by atoms with van der Waals surface area (Å²) in [6.45, 7) is 0. The fourth-order valence-electron chi connectivity index (χ4n) is 3.14. The van der Waals surface area contributed by atoms with Gasteiger partial charge in [-0.2, -0.15) is 0 Å². The van der Waals surface area contributed by atoms with Crippen LogP contribution in [0.4, 0.5) is 5.13 Å². The third-order valence-corrected chi connectivity index (χ3v) is 7.15. The van der Waals surface area contributed by atoms with E-state index in [4.69, 9.17) is 0 Å². The molecule has 1 amide bonds. The van der Waals surface area contributed by atoms with Crippen molar-refractivity contribution in [2.24, 2.45) is 5.92 Å². The molecule has 7 heteroatoms. The number of carbonyl (C=O) groups is 1. The van der Waals surface area contributed by atoms with Gasteiger partial charge in [-0.05, 0) is 17.5 Å². The van der Waals surface area contributed by atoms with E-state index in [1.807, 2.05) is 47.8 Å². The van der Waals surface area contributed by atoms with Crippen LogP contribution in [-0.2, 0) is 14.6 Å². The molecule has 0 aliphatic carbocycles. The maximum Gasteiger partial charge on any atom is 0.230 e. The molecule has 0 saturated carbocycles. The standard InChI is InChI=1S/C20H18N2O3S2/c23-19(17-10-11-27(24,25)13-17)22-20-21-18(12-26-20)16-8-6-15(7-9-16)14-4-2-1-3-5-14/h1-9,12,17H,10-11,13H2,(H,21,22,23)/t17-/m0/s1. The SMILES string of the molecule is O=C(Nc1nc(-c2ccc(-c3ccccc3)cc2)cs1)[C@H]1CCS(=O)(=O)C1. The summed E-state index contributed by atoms with van der Waals surface area (Å²) in [6, 6.07) is 18.2. The molecule has 27 heavy (non-hydrogen) atoms. The molecule has 3 aromatic rings. The first-order valence-corrected chi connectivity index (χ1v) is 11.3. The number of aromatic nitrogens is 1. The molecule has 0 unspecified atom stereocenters. The smallest absolute Gasteiger partial charge is 0.230 e. The molecule has 1 N–H and O–H groups in total. The maximum atomic E-state index is 12.2. The Hall–Kier alpha value is -2.51. The largest absolute Gasteiger partial charge is 0.302 e. The van der Waals surface area contributed by atoms with Gasteiger partial charge in [-0.3, -0.25) is 4.79 Å². The predicted octanol–water partition coefficient (Wildman–Crippen LogP) is 3.85. The zero-order chi connectivity index (χ0) is 18.9. The molecule has 1 aliphatic rings. The molecular weight excluding hydrogens is 380 g/mol. The molecule has 1 aromatic heterocycles. The highest BCUT2D eigenvalue weighted by atomic mass is 32.2. The third-order valence-electron chi connectivity index (χ3n) is 4.63. The summed E-state index contributed by atoms with van der Waals surface area (Å²) in [5.41, 5.74) is 4.04. The molecular formula is C20H18N2O3S2. The van der Waals surface area contributed by atoms with E-state index in [-0.39, 0.29) is 17.4 Å². The number of hydrogen-bond donors (Lipinski definition) is 1. The van der Waals surface area contributed by atoms with Crippen molar-refractivity contribution in [3.63, 3.8) is 0 Å². The van der Waals surface area contributed by atoms with Crippen LogP contribution in [-0.4, -0.2) is 30.8 Å². The van der Waals surface area contributed by atoms with Crippen molar-refractivity contribution in [1.82, 2.24) is 4.98 Å². The number of carbonyl (C=O) groups excluding carboxylic acids is 1. The molecule has 0 spiro atoms. The van der Waals surface area contributed by atoms with Gasteiger partial charge in [0.25, 0.3) is 0 Å². The zero-order valence-corrected chi connectivity index (χ0v) is 16.1. The van der Waals surface area contributed by atoms with E-state index >= 15 is 0 Å². The number of hydrogen-bond acceptors (Lipinski definition) is 5. The van der Waals surface area contributed by atoms with E-state index in [1.165, 1.54) is 11.3 Å². The molecule has 2 heterocycles. The van der Waals surface area contributed by atoms with E-state index in [9.17, 15) is 13.2 Å². The molecule has 0 radical (unpaired) electrons. The van der Waals surface area contributed by atoms with Crippen LogP contribution < -0.4 is 5.32 Å². The van der Waals surface area contributed by atoms with Crippen LogP contribution in [0.25, 0.3) is 22.4 Å². The average Bonchev–Trinajstić information content (AvgIpc) is 3.29. The summed E-state index contributed by atoms with van der Waals surface area (Å²) in [5, 5.41) is 5.13. The zero-order valence-electron chi connectivity index (χ0n) is 14.5. The van der Waals surface area contributed by atoms with Gasteiger partial charge in [0.05, 0.1) is 23.1 Å². The van der Waals surface area contributed by atoms with Crippen molar-refractivity contribution in [2.75, 3.05) is 16.8 Å². The Morgan fingerprint density at radius 2 is 1.67 bits per heavy atom. The van der Waals surface area contributed by atoms with Gasteiger partial charge in [0.15, 0.2) is 15.0 Å². The topological polar surface area (TPSA) is 76.1 Å². The lowest BCUT2D eigenvalue weighted by molar-refractivity contribution is -0.119. The number of thiazole rings is 1. The first kappa shape index (κ1) is 17.9. The Labute approximate surface area is 162 Å². The summed E-state index contributed by atoms with van der Waals surface area (Å²) in [7, 11) is -3.08. The number of nitrogens with zero attached hydrogens (tertiary/aromatic N) is 1. The number of rotatable bonds is 4. The first-order valence-electron chi connectivity index (χ1n) is 8.63. The van der Waals surface area contributed by atoms with Crippen molar-refractivity contribution >= 4 is 32.2 Å². The van der Waals surface area contributed by atoms with E-state index in [0.717, 1.165) is 22.4 Å². The predicted molar refractivity (Wildman–Crippen MR) is 108 cm³/mol. The molecule has 2 aromatic carbocycles. The first-order chi connectivity index (χ1) is 13.0. The average molecular weight is 399 g/mol. The lowest BCUT2D eigenvalue weighted by atomic mass is 10.0. The van der Waals surface area contributed by atoms with Crippen molar-refractivity contribution in [1.29, 1.82) is 0 Å². The van der Waals surface area contributed by atoms with Gasteiger partial charge in [-0.1, -0.05) is 54.6 Å². The van der Waals surface area contributed by atoms with Crippen molar-refractivity contribution < 1.29 is 13.2 Å². The molecule has 1 saturated heterocycles. The molecule has 0 bridgehead atoms. The van der Waals surface area contributed by atoms with Gasteiger partial charge in [-0.25, -0.2) is 13.4 Å². The number of benzene rings is 2. The quantitative estimate of drug-likeness (QED) is 0.724. The van der Waals surface area contributed by atoms with Crippen LogP contribution in [0.15, 0.2) is 60.0 Å². The fourth-order valence-corrected chi connectivity index (χ4v) is 5.60. The molecule has 4 rings (SSSR count). The number of anilines is 1. The van der Waals surface area contributed by atoms with Gasteiger partial charge in [0.1, 0.15) is 0 Å². The van der Waals surface area contributed by atoms with E-state index in [2.05, 4.69) is 22.4 Å². The van der Waals surface area contributed by atoms with Gasteiger partial charge < -0.3 is 5.32 Å². The summed E-state index contributed by atoms with van der Waals surface area (Å²) >= 11 is 1.34. The summed E-state index contributed by atoms with van der Waals surface area (Å²) in [5.74, 6) is -0.733. The highest BCUT2D eigenvalue weighted by Crippen LogP contribution is 2.28. The van der Waals surface area contributed by atoms with Crippen molar-refractivity contribution in [3.05, 3.63) is 60.0 Å². The highest BCUT2D eigenvalue weighted by Gasteiger charge is 2.33. The molecule has 1 fully saturated rings. The van der Waals surface area contributed by atoms with E-state index < -0.39 is 15.8 Å². The second-order valence-corrected chi connectivity index (χ2v) is 9.66. The number of amides is 1. The van der Waals surface area contributed by atoms with Gasteiger partial charge in [-0.15, -0.1) is 11.3 Å². The van der Waals surface area contributed by atoms with Crippen LogP contribution in [0.3, 0.4) is 0 Å². The Kier molecular flexibility index (Phi) is 4.80. The molecule has 138 valence electrons. The highest BCUT2D eigenvalue weighted by molar-refractivity contribution is 7.91. The Bertz CT molecular complexity index is 1060. The molecule has 1 atom stereocenters. The number of sulfone groups is 1. The van der Waals surface area contributed by atoms with Crippen LogP contribution in [0.5, 0.6) is 0 Å². The maximum absolute atomic E-state index is 12.2. The Morgan fingerprint density at radius 3 is 2.33 bits per heavy atom. The summed E-state index contributed by atoms with van der Waals surface area (Å²) < 4.78 is 23.0. The van der Waals surface area contributed by atoms with Crippen LogP contribution in [0.1, 0.15) is 6.42 Å². The normalized spacial score (nSPS) is 18.3. The number of nitrogens with one attached hydrogen (secondary N) is 1. The summed E-state index contributed by atoms with van der Waals surface area (Å²) in [4.78, 5) is 16.7. The molecule has 1 aliphatic heterocycles. The third kappa shape index (κ3) is 4.09. The monoisotopic (exact) mass is 398 g/mol. The Balaban J connectivity index is 1.45. The van der Waals surface area contributed by atoms with E-state index in [0.29, 0.717) is 11.6 Å². The van der Waals surface area contributed by atoms with Crippen LogP contribution in [0, 0.1) is 5.92 Å². The second kappa shape index (κ2) is 7.25. The van der Waals surface area contributed by atoms with Crippen LogP contribution >= 0.6 is 11.3 Å². The van der Waals surface area contributed by atoms with Gasteiger partial charge >= 0.3 is 0 Å². The summed E-state index contributed by atoms with van der Waals surface area (Å²) in [6.07, 6.45) is 0.382. The second-order valence-electron chi connectivity index (χ2n) is 6.57. The lowest BCUT2D eigenvalue weighted by Gasteiger charge is -2.06. The minimum Gasteiger partial charge on any atom is -0.302 e. The minimum atomic E-state index is -3.08. The Morgan fingerprint density at radius 1 is 1.00 bits per heavy atom. The van der Waals surface area contributed by atoms with Gasteiger partial charge in [0, 0.05) is 10.9 Å². The van der Waals surface area contributed by atoms with Crippen molar-refractivity contribution in [2.45, 2.75) is 6.42 Å². The lowest BCUT2D eigenvalue weighted by Crippen LogP contribution is -2.23. The molecule has 5 nitrogen and oxygen atoms in total. The van der Waals surface area contributed by atoms with E-state index in [1.54, 1.807) is 0 Å². The van der Waals surface area contributed by atoms with Crippen molar-refractivity contribution in [3.8, 4) is 22.4 Å². The van der Waals surface area contributed by atoms with Crippen LogP contribution in [0.2, 0.25) is 0 Å².